The number of anilines is 1. The highest BCUT2D eigenvalue weighted by Crippen LogP contribution is 2.39. The lowest BCUT2D eigenvalue weighted by Gasteiger charge is -2.24. The zero-order chi connectivity index (χ0) is 22.9. The topological polar surface area (TPSA) is 84.0 Å². The van der Waals surface area contributed by atoms with E-state index in [2.05, 4.69) is 0 Å². The van der Waals surface area contributed by atoms with Gasteiger partial charge in [0.15, 0.2) is 0 Å². The molecular weight excluding hydrogens is 428 g/mol. The number of carbonyl (C=O) groups is 2. The summed E-state index contributed by atoms with van der Waals surface area (Å²) in [5, 5.41) is 0. The summed E-state index contributed by atoms with van der Waals surface area (Å²) in [5.74, 6) is -0.521. The van der Waals surface area contributed by atoms with Gasteiger partial charge in [0.25, 0.3) is 10.0 Å². The lowest BCUT2D eigenvalue weighted by molar-refractivity contribution is -0.140. The van der Waals surface area contributed by atoms with E-state index in [1.807, 2.05) is 6.07 Å². The zero-order valence-corrected chi connectivity index (χ0v) is 19.2. The van der Waals surface area contributed by atoms with Gasteiger partial charge in [0.1, 0.15) is 10.6 Å². The van der Waals surface area contributed by atoms with E-state index in [1.54, 1.807) is 43.3 Å². The molecule has 0 spiro atoms. The van der Waals surface area contributed by atoms with Gasteiger partial charge < -0.3 is 4.74 Å². The Morgan fingerprint density at radius 1 is 1.00 bits per heavy atom. The number of rotatable bonds is 7. The fourth-order valence-electron chi connectivity index (χ4n) is 4.79. The molecule has 0 aromatic heterocycles. The van der Waals surface area contributed by atoms with Crippen LogP contribution in [0.3, 0.4) is 0 Å². The Morgan fingerprint density at radius 3 is 2.19 bits per heavy atom. The minimum atomic E-state index is -3.93. The average molecular weight is 457 g/mol. The van der Waals surface area contributed by atoms with Crippen LogP contribution in [-0.2, 0) is 26.2 Å². The summed E-state index contributed by atoms with van der Waals surface area (Å²) in [6, 6.07) is 13.7. The zero-order valence-electron chi connectivity index (χ0n) is 18.4. The summed E-state index contributed by atoms with van der Waals surface area (Å²) in [5.41, 5.74) is 1.13. The Balaban J connectivity index is 1.67. The monoisotopic (exact) mass is 456 g/mol. The number of imide groups is 1. The van der Waals surface area contributed by atoms with Crippen LogP contribution < -0.4 is 9.04 Å². The molecule has 7 nitrogen and oxygen atoms in total. The summed E-state index contributed by atoms with van der Waals surface area (Å²) in [7, 11) is -2.51. The second-order valence-electron chi connectivity index (χ2n) is 8.25. The Morgan fingerprint density at radius 2 is 1.62 bits per heavy atom. The lowest BCUT2D eigenvalue weighted by atomic mass is 9.81. The van der Waals surface area contributed by atoms with Gasteiger partial charge in [-0.2, -0.15) is 0 Å². The molecule has 1 aliphatic heterocycles. The smallest absolute Gasteiger partial charge is 0.268 e. The fraction of sp³-hybridized carbons (Fsp3) is 0.417. The van der Waals surface area contributed by atoms with Crippen molar-refractivity contribution >= 4 is 27.5 Å². The number of methoxy groups -OCH3 is 1. The van der Waals surface area contributed by atoms with Crippen molar-refractivity contribution < 1.29 is 22.7 Å². The van der Waals surface area contributed by atoms with Crippen LogP contribution in [0.1, 0.15) is 38.2 Å². The highest BCUT2D eigenvalue weighted by molar-refractivity contribution is 7.93. The van der Waals surface area contributed by atoms with Gasteiger partial charge in [-0.15, -0.1) is 0 Å². The number of para-hydroxylation sites is 1. The molecule has 2 fully saturated rings. The second kappa shape index (κ2) is 8.94. The van der Waals surface area contributed by atoms with Crippen molar-refractivity contribution in [2.45, 2.75) is 44.0 Å². The number of hydrogen-bond donors (Lipinski definition) is 0. The maximum atomic E-state index is 13.6. The number of hydrogen-bond acceptors (Lipinski definition) is 5. The fourth-order valence-corrected chi connectivity index (χ4v) is 6.48. The normalized spacial score (nSPS) is 20.9. The molecule has 2 aromatic carbocycles. The molecule has 0 bridgehead atoms. The molecule has 1 saturated heterocycles. The molecule has 8 heteroatoms. The maximum Gasteiger partial charge on any atom is 0.268 e. The molecule has 2 amide bonds. The van der Waals surface area contributed by atoms with E-state index in [9.17, 15) is 18.0 Å². The van der Waals surface area contributed by atoms with E-state index in [-0.39, 0.29) is 47.4 Å². The molecule has 0 N–H and O–H groups in total. The Bertz CT molecular complexity index is 1090. The van der Waals surface area contributed by atoms with Gasteiger partial charge in [-0.25, -0.2) is 8.42 Å². The summed E-state index contributed by atoms with van der Waals surface area (Å²) in [6.45, 7) is 2.07. The standard InChI is InChI=1S/C24H28N2O5S/c1-3-26(18-9-5-4-6-10-18)32(29,30)22-15-17(13-14-21(22)31-2)16-25-23(27)19-11-7-8-12-20(19)24(25)28/h4-6,9-10,13-15,19-20H,3,7-8,11-12,16H2,1-2H3/t19-,20-/m1/s1. The van der Waals surface area contributed by atoms with E-state index in [0.717, 1.165) is 25.7 Å². The first kappa shape index (κ1) is 22.3. The van der Waals surface area contributed by atoms with Crippen LogP contribution in [0.25, 0.3) is 0 Å². The summed E-state index contributed by atoms with van der Waals surface area (Å²) < 4.78 is 33.8. The number of sulfonamides is 1. The predicted molar refractivity (Wildman–Crippen MR) is 121 cm³/mol. The van der Waals surface area contributed by atoms with Gasteiger partial charge in [0.05, 0.1) is 31.2 Å². The molecule has 1 heterocycles. The quantitative estimate of drug-likeness (QED) is 0.595. The van der Waals surface area contributed by atoms with E-state index >= 15 is 0 Å². The third-order valence-corrected chi connectivity index (χ3v) is 8.32. The predicted octanol–water partition coefficient (Wildman–Crippen LogP) is 3.59. The van der Waals surface area contributed by atoms with Crippen molar-refractivity contribution in [2.24, 2.45) is 11.8 Å². The van der Waals surface area contributed by atoms with Gasteiger partial charge in [-0.1, -0.05) is 37.1 Å². The van der Waals surface area contributed by atoms with Gasteiger partial charge in [-0.05, 0) is 49.6 Å². The van der Waals surface area contributed by atoms with Crippen LogP contribution in [0.15, 0.2) is 53.4 Å². The number of benzene rings is 2. The van der Waals surface area contributed by atoms with Crippen LogP contribution >= 0.6 is 0 Å². The third-order valence-electron chi connectivity index (χ3n) is 6.40. The van der Waals surface area contributed by atoms with Gasteiger partial charge in [-0.3, -0.25) is 18.8 Å². The highest BCUT2D eigenvalue weighted by Gasteiger charge is 2.48. The summed E-state index contributed by atoms with van der Waals surface area (Å²) >= 11 is 0. The first-order chi connectivity index (χ1) is 15.4. The number of fused-ring (bicyclic) bond motifs is 1. The number of ether oxygens (including phenoxy) is 1. The molecule has 32 heavy (non-hydrogen) atoms. The van der Waals surface area contributed by atoms with E-state index in [1.165, 1.54) is 22.4 Å². The van der Waals surface area contributed by atoms with Crippen molar-refractivity contribution in [3.8, 4) is 5.75 Å². The maximum absolute atomic E-state index is 13.6. The number of carbonyl (C=O) groups excluding carboxylic acids is 2. The third kappa shape index (κ3) is 3.88. The van der Waals surface area contributed by atoms with Crippen LogP contribution in [0.4, 0.5) is 5.69 Å². The first-order valence-corrected chi connectivity index (χ1v) is 12.4. The van der Waals surface area contributed by atoms with Crippen molar-refractivity contribution in [1.82, 2.24) is 4.90 Å². The first-order valence-electron chi connectivity index (χ1n) is 11.0. The van der Waals surface area contributed by atoms with Crippen molar-refractivity contribution in [3.63, 3.8) is 0 Å². The van der Waals surface area contributed by atoms with Gasteiger partial charge >= 0.3 is 0 Å². The molecule has 2 aliphatic rings. The second-order valence-corrected chi connectivity index (χ2v) is 10.1. The Labute approximate surface area is 189 Å². The minimum Gasteiger partial charge on any atom is -0.495 e. The molecule has 0 radical (unpaired) electrons. The number of nitrogens with zero attached hydrogens (tertiary/aromatic N) is 2. The molecule has 1 saturated carbocycles. The molecule has 170 valence electrons. The largest absolute Gasteiger partial charge is 0.495 e. The molecule has 4 rings (SSSR count). The van der Waals surface area contributed by atoms with E-state index in [4.69, 9.17) is 4.74 Å². The number of amides is 2. The van der Waals surface area contributed by atoms with Gasteiger partial charge in [0, 0.05) is 6.54 Å². The van der Waals surface area contributed by atoms with Crippen LogP contribution in [-0.4, -0.2) is 38.8 Å². The van der Waals surface area contributed by atoms with E-state index in [0.29, 0.717) is 11.3 Å². The Hall–Kier alpha value is -2.87. The SMILES string of the molecule is CCN(c1ccccc1)S(=O)(=O)c1cc(CN2C(=O)[C@@H]3CCCC[C@H]3C2=O)ccc1OC. The van der Waals surface area contributed by atoms with E-state index < -0.39 is 10.0 Å². The van der Waals surface area contributed by atoms with Crippen LogP contribution in [0.2, 0.25) is 0 Å². The van der Waals surface area contributed by atoms with Crippen LogP contribution in [0, 0.1) is 11.8 Å². The Kier molecular flexibility index (Phi) is 6.24. The summed E-state index contributed by atoms with van der Waals surface area (Å²) in [4.78, 5) is 27.0. The van der Waals surface area contributed by atoms with Crippen molar-refractivity contribution in [1.29, 1.82) is 0 Å². The molecule has 2 aromatic rings. The lowest BCUT2D eigenvalue weighted by Crippen LogP contribution is -2.32. The van der Waals surface area contributed by atoms with Crippen molar-refractivity contribution in [2.75, 3.05) is 18.0 Å². The minimum absolute atomic E-state index is 0.0136. The average Bonchev–Trinajstić information content (AvgIpc) is 3.05. The summed E-state index contributed by atoms with van der Waals surface area (Å²) in [6.07, 6.45) is 3.42. The molecular formula is C24H28N2O5S. The van der Waals surface area contributed by atoms with Gasteiger partial charge in [0.2, 0.25) is 11.8 Å². The number of likely N-dealkylation sites (tertiary alicyclic amines) is 1. The van der Waals surface area contributed by atoms with Crippen LogP contribution in [0.5, 0.6) is 5.75 Å². The molecule has 2 atom stereocenters. The molecule has 0 unspecified atom stereocenters. The molecule has 1 aliphatic carbocycles. The highest BCUT2D eigenvalue weighted by atomic mass is 32.2. The van der Waals surface area contributed by atoms with Crippen molar-refractivity contribution in [3.05, 3.63) is 54.1 Å².